The van der Waals surface area contributed by atoms with Crippen LogP contribution in [0.15, 0.2) is 65.9 Å². The zero-order valence-corrected chi connectivity index (χ0v) is 15.7. The first-order valence-corrected chi connectivity index (χ1v) is 8.79. The third-order valence-electron chi connectivity index (χ3n) is 5.50. The molecule has 0 radical (unpaired) electrons. The number of hydrogen-bond acceptors (Lipinski definition) is 2. The Balaban J connectivity index is 1.95. The van der Waals surface area contributed by atoms with Crippen molar-refractivity contribution >= 4 is 11.6 Å². The van der Waals surface area contributed by atoms with Gasteiger partial charge in [-0.3, -0.25) is 4.79 Å². The molecule has 0 aromatic heterocycles. The van der Waals surface area contributed by atoms with Crippen molar-refractivity contribution in [1.82, 2.24) is 4.90 Å². The van der Waals surface area contributed by atoms with E-state index in [9.17, 15) is 4.79 Å². The number of benzene rings is 2. The zero-order valence-electron chi connectivity index (χ0n) is 15.7. The largest absolute Gasteiger partial charge is 0.348 e. The van der Waals surface area contributed by atoms with Gasteiger partial charge in [-0.1, -0.05) is 55.5 Å². The quantitative estimate of drug-likeness (QED) is 0.810. The standard InChI is InChI=1S/C22H26N2O/c1-15-19-13-9-10-14-20(19)23(4)17(3)21(15)22(25)24(5)16(2)18-11-7-6-8-12-18/h6-16H,1-5H3/t15?,16-/m1/s1. The molecular weight excluding hydrogens is 308 g/mol. The van der Waals surface area contributed by atoms with E-state index in [0.717, 1.165) is 16.8 Å². The van der Waals surface area contributed by atoms with Crippen molar-refractivity contribution in [2.45, 2.75) is 32.7 Å². The van der Waals surface area contributed by atoms with Crippen molar-refractivity contribution in [3.05, 3.63) is 77.0 Å². The fourth-order valence-electron chi connectivity index (χ4n) is 3.65. The Bertz CT molecular complexity index is 810. The Morgan fingerprint density at radius 2 is 1.68 bits per heavy atom. The van der Waals surface area contributed by atoms with Crippen LogP contribution in [0.25, 0.3) is 0 Å². The normalized spacial score (nSPS) is 18.0. The first kappa shape index (κ1) is 17.3. The third kappa shape index (κ3) is 2.95. The maximum absolute atomic E-state index is 13.3. The molecule has 0 fully saturated rings. The van der Waals surface area contributed by atoms with Crippen LogP contribution < -0.4 is 4.90 Å². The highest BCUT2D eigenvalue weighted by Crippen LogP contribution is 2.41. The lowest BCUT2D eigenvalue weighted by atomic mass is 9.85. The fraction of sp³-hybridized carbons (Fsp3) is 0.318. The Labute approximate surface area is 150 Å². The highest BCUT2D eigenvalue weighted by molar-refractivity contribution is 5.97. The molecule has 0 saturated heterocycles. The molecule has 3 nitrogen and oxygen atoms in total. The monoisotopic (exact) mass is 334 g/mol. The second kappa shape index (κ2) is 6.75. The van der Waals surface area contributed by atoms with Gasteiger partial charge in [-0.25, -0.2) is 0 Å². The first-order valence-electron chi connectivity index (χ1n) is 8.79. The van der Waals surface area contributed by atoms with E-state index >= 15 is 0 Å². The molecule has 0 spiro atoms. The third-order valence-corrected chi connectivity index (χ3v) is 5.50. The summed E-state index contributed by atoms with van der Waals surface area (Å²) in [4.78, 5) is 17.3. The minimum atomic E-state index is 0.0312. The van der Waals surface area contributed by atoms with Gasteiger partial charge in [0.2, 0.25) is 0 Å². The lowest BCUT2D eigenvalue weighted by Crippen LogP contribution is -2.36. The van der Waals surface area contributed by atoms with E-state index in [1.807, 2.05) is 56.3 Å². The predicted molar refractivity (Wildman–Crippen MR) is 104 cm³/mol. The summed E-state index contributed by atoms with van der Waals surface area (Å²) in [5.41, 5.74) is 5.45. The van der Waals surface area contributed by atoms with Crippen molar-refractivity contribution in [1.29, 1.82) is 0 Å². The molecule has 1 aliphatic rings. The van der Waals surface area contributed by atoms with E-state index < -0.39 is 0 Å². The highest BCUT2D eigenvalue weighted by atomic mass is 16.2. The highest BCUT2D eigenvalue weighted by Gasteiger charge is 2.33. The maximum atomic E-state index is 13.3. The number of nitrogens with zero attached hydrogens (tertiary/aromatic N) is 2. The van der Waals surface area contributed by atoms with E-state index in [0.29, 0.717) is 0 Å². The SMILES string of the molecule is CC1=C(C(=O)N(C)[C@H](C)c2ccccc2)C(C)c2ccccc2N1C. The number of amides is 1. The topological polar surface area (TPSA) is 23.6 Å². The molecule has 0 N–H and O–H groups in total. The van der Waals surface area contributed by atoms with Crippen LogP contribution in [-0.4, -0.2) is 24.9 Å². The Morgan fingerprint density at radius 1 is 1.08 bits per heavy atom. The van der Waals surface area contributed by atoms with Crippen molar-refractivity contribution in [3.8, 4) is 0 Å². The number of rotatable bonds is 3. The molecule has 2 aromatic carbocycles. The number of anilines is 1. The Kier molecular flexibility index (Phi) is 4.67. The van der Waals surface area contributed by atoms with Crippen molar-refractivity contribution in [2.75, 3.05) is 19.0 Å². The maximum Gasteiger partial charge on any atom is 0.252 e. The van der Waals surface area contributed by atoms with Gasteiger partial charge in [0.1, 0.15) is 0 Å². The van der Waals surface area contributed by atoms with Crippen LogP contribution in [-0.2, 0) is 4.79 Å². The van der Waals surface area contributed by atoms with Gasteiger partial charge in [0, 0.05) is 37.0 Å². The van der Waals surface area contributed by atoms with E-state index in [4.69, 9.17) is 0 Å². The van der Waals surface area contributed by atoms with E-state index in [2.05, 4.69) is 43.0 Å². The summed E-state index contributed by atoms with van der Waals surface area (Å²) >= 11 is 0. The van der Waals surface area contributed by atoms with E-state index in [-0.39, 0.29) is 17.9 Å². The fourth-order valence-corrected chi connectivity index (χ4v) is 3.65. The summed E-state index contributed by atoms with van der Waals surface area (Å²) in [5.74, 6) is 0.188. The van der Waals surface area contributed by atoms with Crippen LogP contribution in [0.3, 0.4) is 0 Å². The number of para-hydroxylation sites is 1. The van der Waals surface area contributed by atoms with Crippen molar-refractivity contribution in [3.63, 3.8) is 0 Å². The van der Waals surface area contributed by atoms with Crippen LogP contribution in [0.4, 0.5) is 5.69 Å². The van der Waals surface area contributed by atoms with Gasteiger partial charge in [0.15, 0.2) is 0 Å². The first-order chi connectivity index (χ1) is 11.9. The molecule has 0 aliphatic carbocycles. The zero-order chi connectivity index (χ0) is 18.1. The average molecular weight is 334 g/mol. The summed E-state index contributed by atoms with van der Waals surface area (Å²) in [6, 6.07) is 18.5. The number of hydrogen-bond donors (Lipinski definition) is 0. The minimum absolute atomic E-state index is 0.0312. The number of fused-ring (bicyclic) bond motifs is 1. The molecule has 1 amide bonds. The van der Waals surface area contributed by atoms with Crippen LogP contribution in [0.5, 0.6) is 0 Å². The number of carbonyl (C=O) groups is 1. The number of allylic oxidation sites excluding steroid dienone is 1. The predicted octanol–water partition coefficient (Wildman–Crippen LogP) is 4.73. The molecular formula is C22H26N2O. The smallest absolute Gasteiger partial charge is 0.252 e. The summed E-state index contributed by atoms with van der Waals surface area (Å²) < 4.78 is 0. The lowest BCUT2D eigenvalue weighted by Gasteiger charge is -2.37. The molecule has 1 heterocycles. The molecule has 0 bridgehead atoms. The van der Waals surface area contributed by atoms with Crippen LogP contribution >= 0.6 is 0 Å². The van der Waals surface area contributed by atoms with Gasteiger partial charge in [-0.05, 0) is 31.0 Å². The molecule has 0 saturated carbocycles. The second-order valence-electron chi connectivity index (χ2n) is 6.84. The van der Waals surface area contributed by atoms with Crippen LogP contribution in [0, 0.1) is 0 Å². The molecule has 3 rings (SSSR count). The van der Waals surface area contributed by atoms with E-state index in [1.54, 1.807) is 0 Å². The molecule has 2 atom stereocenters. The summed E-state index contributed by atoms with van der Waals surface area (Å²) in [7, 11) is 3.93. The summed E-state index contributed by atoms with van der Waals surface area (Å²) in [6.45, 7) is 6.25. The van der Waals surface area contributed by atoms with E-state index in [1.165, 1.54) is 11.3 Å². The van der Waals surface area contributed by atoms with Crippen LogP contribution in [0.2, 0.25) is 0 Å². The van der Waals surface area contributed by atoms with Gasteiger partial charge in [0.25, 0.3) is 5.91 Å². The van der Waals surface area contributed by atoms with Gasteiger partial charge in [0.05, 0.1) is 6.04 Å². The molecule has 130 valence electrons. The molecule has 2 aromatic rings. The van der Waals surface area contributed by atoms with Gasteiger partial charge >= 0.3 is 0 Å². The number of likely N-dealkylation sites (N-methyl/N-ethyl adjacent to an activating group) is 1. The Morgan fingerprint density at radius 3 is 2.36 bits per heavy atom. The Hall–Kier alpha value is -2.55. The molecule has 1 unspecified atom stereocenters. The summed E-state index contributed by atoms with van der Waals surface area (Å²) in [5, 5.41) is 0. The lowest BCUT2D eigenvalue weighted by molar-refractivity contribution is -0.128. The molecule has 3 heteroatoms. The summed E-state index contributed by atoms with van der Waals surface area (Å²) in [6.07, 6.45) is 0. The average Bonchev–Trinajstić information content (AvgIpc) is 2.65. The second-order valence-corrected chi connectivity index (χ2v) is 6.84. The van der Waals surface area contributed by atoms with Crippen LogP contribution in [0.1, 0.15) is 43.9 Å². The van der Waals surface area contributed by atoms with Crippen molar-refractivity contribution in [2.24, 2.45) is 0 Å². The minimum Gasteiger partial charge on any atom is -0.348 e. The van der Waals surface area contributed by atoms with Gasteiger partial charge in [-0.15, -0.1) is 0 Å². The van der Waals surface area contributed by atoms with Crippen molar-refractivity contribution < 1.29 is 4.79 Å². The van der Waals surface area contributed by atoms with Gasteiger partial charge in [-0.2, -0.15) is 0 Å². The molecule has 1 aliphatic heterocycles. The van der Waals surface area contributed by atoms with Gasteiger partial charge < -0.3 is 9.80 Å². The number of carbonyl (C=O) groups excluding carboxylic acids is 1. The molecule has 25 heavy (non-hydrogen) atoms.